The molecule has 1 fully saturated rings. The van der Waals surface area contributed by atoms with Crippen LogP contribution in [0.15, 0.2) is 24.3 Å². The van der Waals surface area contributed by atoms with Crippen LogP contribution >= 0.6 is 0 Å². The average molecular weight is 314 g/mol. The van der Waals surface area contributed by atoms with Crippen LogP contribution in [0.25, 0.3) is 11.0 Å². The van der Waals surface area contributed by atoms with Crippen molar-refractivity contribution in [2.45, 2.75) is 58.2 Å². The maximum Gasteiger partial charge on any atom is 0.237 e. The molecule has 2 atom stereocenters. The van der Waals surface area contributed by atoms with Gasteiger partial charge in [0.1, 0.15) is 5.82 Å². The second-order valence-electron chi connectivity index (χ2n) is 6.66. The van der Waals surface area contributed by atoms with Crippen molar-refractivity contribution in [3.05, 3.63) is 30.1 Å². The quantitative estimate of drug-likeness (QED) is 0.912. The largest absolute Gasteiger partial charge is 0.345 e. The van der Waals surface area contributed by atoms with Gasteiger partial charge in [0.15, 0.2) is 0 Å². The lowest BCUT2D eigenvalue weighted by Crippen LogP contribution is -2.47. The summed E-state index contributed by atoms with van der Waals surface area (Å²) in [4.78, 5) is 17.2. The third-order valence-corrected chi connectivity index (χ3v) is 4.51. The number of rotatable bonds is 4. The summed E-state index contributed by atoms with van der Waals surface area (Å²) < 4.78 is 2.22. The van der Waals surface area contributed by atoms with Gasteiger partial charge in [0, 0.05) is 6.04 Å². The van der Waals surface area contributed by atoms with E-state index in [1.54, 1.807) is 0 Å². The molecule has 124 valence electrons. The number of amides is 1. The van der Waals surface area contributed by atoms with Gasteiger partial charge in [-0.15, -0.1) is 0 Å². The Bertz CT molecular complexity index is 685. The second-order valence-corrected chi connectivity index (χ2v) is 6.66. The van der Waals surface area contributed by atoms with E-state index in [1.165, 1.54) is 0 Å². The van der Waals surface area contributed by atoms with Gasteiger partial charge in [0.25, 0.3) is 0 Å². The number of hydrogen-bond donors (Lipinski definition) is 2. The zero-order valence-corrected chi connectivity index (χ0v) is 14.2. The van der Waals surface area contributed by atoms with Crippen molar-refractivity contribution in [3.63, 3.8) is 0 Å². The molecule has 1 aromatic heterocycles. The Balaban J connectivity index is 1.84. The number of aromatic nitrogens is 2. The number of benzene rings is 1. The minimum atomic E-state index is -0.110. The van der Waals surface area contributed by atoms with Gasteiger partial charge in [-0.2, -0.15) is 0 Å². The van der Waals surface area contributed by atoms with Crippen molar-refractivity contribution in [2.24, 2.45) is 0 Å². The highest BCUT2D eigenvalue weighted by molar-refractivity contribution is 5.82. The number of nitrogens with zero attached hydrogens (tertiary/aromatic N) is 2. The molecule has 0 aliphatic carbocycles. The standard InChI is InChI=1S/C18H26N4O/c1-12(2)22-16-10-5-4-8-14(16)21-17(22)13(3)20-18(23)15-9-6-7-11-19-15/h4-5,8,10,12-13,15,19H,6-7,9,11H2,1-3H3,(H,20,23)/t13?,15-/m0/s1. The lowest BCUT2D eigenvalue weighted by Gasteiger charge is -2.25. The molecule has 2 N–H and O–H groups in total. The molecule has 5 nitrogen and oxygen atoms in total. The van der Waals surface area contributed by atoms with E-state index in [1.807, 2.05) is 25.1 Å². The Kier molecular flexibility index (Phi) is 4.66. The molecule has 2 aromatic rings. The Labute approximate surface area is 137 Å². The smallest absolute Gasteiger partial charge is 0.237 e. The van der Waals surface area contributed by atoms with Gasteiger partial charge < -0.3 is 15.2 Å². The number of fused-ring (bicyclic) bond motifs is 1. The second kappa shape index (κ2) is 6.71. The first-order valence-corrected chi connectivity index (χ1v) is 8.58. The van der Waals surface area contributed by atoms with Crippen LogP contribution in [0.1, 0.15) is 57.9 Å². The summed E-state index contributed by atoms with van der Waals surface area (Å²) in [5.74, 6) is 1.00. The molecule has 0 radical (unpaired) electrons. The molecule has 0 bridgehead atoms. The summed E-state index contributed by atoms with van der Waals surface area (Å²) in [5.41, 5.74) is 2.10. The first kappa shape index (κ1) is 16.0. The van der Waals surface area contributed by atoms with Crippen LogP contribution < -0.4 is 10.6 Å². The van der Waals surface area contributed by atoms with E-state index >= 15 is 0 Å². The van der Waals surface area contributed by atoms with Gasteiger partial charge in [-0.3, -0.25) is 4.79 Å². The first-order chi connectivity index (χ1) is 11.1. The Morgan fingerprint density at radius 1 is 1.30 bits per heavy atom. The van der Waals surface area contributed by atoms with Gasteiger partial charge in [-0.05, 0) is 52.3 Å². The fraction of sp³-hybridized carbons (Fsp3) is 0.556. The van der Waals surface area contributed by atoms with Crippen LogP contribution in [0.4, 0.5) is 0 Å². The van der Waals surface area contributed by atoms with Crippen LogP contribution in [-0.2, 0) is 4.79 Å². The monoisotopic (exact) mass is 314 g/mol. The van der Waals surface area contributed by atoms with E-state index in [9.17, 15) is 4.79 Å². The van der Waals surface area contributed by atoms with Crippen LogP contribution in [0.3, 0.4) is 0 Å². The van der Waals surface area contributed by atoms with Gasteiger partial charge in [0.05, 0.1) is 23.1 Å². The normalized spacial score (nSPS) is 19.9. The van der Waals surface area contributed by atoms with Crippen LogP contribution in [0.5, 0.6) is 0 Å². The van der Waals surface area contributed by atoms with Crippen LogP contribution in [0, 0.1) is 0 Å². The molecule has 1 aromatic carbocycles. The molecule has 3 rings (SSSR count). The van der Waals surface area contributed by atoms with Gasteiger partial charge in [0.2, 0.25) is 5.91 Å². The molecule has 2 heterocycles. The van der Waals surface area contributed by atoms with Crippen molar-refractivity contribution in [1.82, 2.24) is 20.2 Å². The third-order valence-electron chi connectivity index (χ3n) is 4.51. The summed E-state index contributed by atoms with van der Waals surface area (Å²) in [6, 6.07) is 8.26. The number of para-hydroxylation sites is 2. The van der Waals surface area contributed by atoms with E-state index in [0.29, 0.717) is 6.04 Å². The topological polar surface area (TPSA) is 59.0 Å². The molecular formula is C18H26N4O. The SMILES string of the molecule is CC(NC(=O)[C@@H]1CCCCN1)c1nc2ccccc2n1C(C)C. The molecule has 1 aliphatic rings. The zero-order chi connectivity index (χ0) is 16.4. The van der Waals surface area contributed by atoms with E-state index in [4.69, 9.17) is 4.98 Å². The molecule has 1 amide bonds. The molecule has 1 aliphatic heterocycles. The van der Waals surface area contributed by atoms with E-state index in [2.05, 4.69) is 35.1 Å². The number of carbonyl (C=O) groups excluding carboxylic acids is 1. The van der Waals surface area contributed by atoms with Gasteiger partial charge in [-0.1, -0.05) is 18.6 Å². The predicted molar refractivity (Wildman–Crippen MR) is 92.3 cm³/mol. The Morgan fingerprint density at radius 2 is 2.09 bits per heavy atom. The summed E-state index contributed by atoms with van der Waals surface area (Å²) in [5, 5.41) is 6.44. The average Bonchev–Trinajstić information content (AvgIpc) is 2.95. The highest BCUT2D eigenvalue weighted by Crippen LogP contribution is 2.25. The highest BCUT2D eigenvalue weighted by Gasteiger charge is 2.25. The lowest BCUT2D eigenvalue weighted by molar-refractivity contribution is -0.124. The van der Waals surface area contributed by atoms with Gasteiger partial charge in [-0.25, -0.2) is 4.98 Å². The van der Waals surface area contributed by atoms with E-state index < -0.39 is 0 Å². The summed E-state index contributed by atoms with van der Waals surface area (Å²) in [6.07, 6.45) is 3.19. The third kappa shape index (κ3) is 3.24. The highest BCUT2D eigenvalue weighted by atomic mass is 16.2. The minimum Gasteiger partial charge on any atom is -0.345 e. The Morgan fingerprint density at radius 3 is 2.78 bits per heavy atom. The fourth-order valence-corrected chi connectivity index (χ4v) is 3.37. The molecular weight excluding hydrogens is 288 g/mol. The maximum atomic E-state index is 12.5. The Hall–Kier alpha value is -1.88. The van der Waals surface area contributed by atoms with Crippen LogP contribution in [0.2, 0.25) is 0 Å². The van der Waals surface area contributed by atoms with Crippen molar-refractivity contribution in [3.8, 4) is 0 Å². The van der Waals surface area contributed by atoms with Crippen molar-refractivity contribution in [1.29, 1.82) is 0 Å². The van der Waals surface area contributed by atoms with E-state index in [0.717, 1.165) is 42.7 Å². The molecule has 1 unspecified atom stereocenters. The lowest BCUT2D eigenvalue weighted by atomic mass is 10.0. The van der Waals surface area contributed by atoms with E-state index in [-0.39, 0.29) is 18.0 Å². The van der Waals surface area contributed by atoms with Crippen LogP contribution in [-0.4, -0.2) is 28.0 Å². The molecule has 5 heteroatoms. The number of piperidine rings is 1. The van der Waals surface area contributed by atoms with Crippen molar-refractivity contribution >= 4 is 16.9 Å². The number of imidazole rings is 1. The molecule has 0 spiro atoms. The fourth-order valence-electron chi connectivity index (χ4n) is 3.37. The first-order valence-electron chi connectivity index (χ1n) is 8.58. The molecule has 1 saturated heterocycles. The maximum absolute atomic E-state index is 12.5. The summed E-state index contributed by atoms with van der Waals surface area (Å²) in [7, 11) is 0. The minimum absolute atomic E-state index is 0.0666. The zero-order valence-electron chi connectivity index (χ0n) is 14.2. The number of carbonyl (C=O) groups is 1. The summed E-state index contributed by atoms with van der Waals surface area (Å²) >= 11 is 0. The summed E-state index contributed by atoms with van der Waals surface area (Å²) in [6.45, 7) is 7.24. The molecule has 0 saturated carbocycles. The predicted octanol–water partition coefficient (Wildman–Crippen LogP) is 2.94. The number of nitrogens with one attached hydrogen (secondary N) is 2. The van der Waals surface area contributed by atoms with Crippen molar-refractivity contribution < 1.29 is 4.79 Å². The number of hydrogen-bond acceptors (Lipinski definition) is 3. The van der Waals surface area contributed by atoms with Crippen molar-refractivity contribution in [2.75, 3.05) is 6.54 Å². The molecule has 23 heavy (non-hydrogen) atoms. The van der Waals surface area contributed by atoms with Gasteiger partial charge >= 0.3 is 0 Å².